The fourth-order valence-corrected chi connectivity index (χ4v) is 9.28. The first-order valence-corrected chi connectivity index (χ1v) is 21.7. The van der Waals surface area contributed by atoms with Crippen LogP contribution in [-0.4, -0.2) is 93.5 Å². The van der Waals surface area contributed by atoms with Crippen molar-refractivity contribution < 1.29 is 23.3 Å². The minimum atomic E-state index is -0.528. The number of nitrogens with zero attached hydrogens (tertiary/aromatic N) is 7. The van der Waals surface area contributed by atoms with Crippen LogP contribution in [0.25, 0.3) is 33.2 Å². The lowest BCUT2D eigenvalue weighted by atomic mass is 9.90. The second kappa shape index (κ2) is 16.6. The minimum absolute atomic E-state index is 0.135. The van der Waals surface area contributed by atoms with Crippen molar-refractivity contribution in [3.63, 3.8) is 0 Å². The lowest BCUT2D eigenvalue weighted by Crippen LogP contribution is -2.49. The van der Waals surface area contributed by atoms with Crippen molar-refractivity contribution in [2.45, 2.75) is 77.7 Å². The van der Waals surface area contributed by atoms with Gasteiger partial charge in [-0.25, -0.2) is 14.4 Å². The molecule has 6 heterocycles. The summed E-state index contributed by atoms with van der Waals surface area (Å²) in [7, 11) is 0. The summed E-state index contributed by atoms with van der Waals surface area (Å²) >= 11 is 0. The van der Waals surface area contributed by atoms with E-state index in [9.17, 15) is 14.4 Å². The fourth-order valence-electron chi connectivity index (χ4n) is 9.28. The number of rotatable bonds is 9. The molecule has 15 heteroatoms. The van der Waals surface area contributed by atoms with E-state index in [2.05, 4.69) is 80.8 Å². The number of fused-ring (bicyclic) bond motifs is 3. The van der Waals surface area contributed by atoms with Crippen LogP contribution in [0.1, 0.15) is 98.5 Å². The number of amides is 3. The predicted octanol–water partition coefficient (Wildman–Crippen LogP) is 6.96. The van der Waals surface area contributed by atoms with E-state index in [-0.39, 0.29) is 29.0 Å². The molecule has 0 spiro atoms. The van der Waals surface area contributed by atoms with Crippen LogP contribution < -0.4 is 20.4 Å². The smallest absolute Gasteiger partial charge is 0.315 e. The zero-order valence-electron chi connectivity index (χ0n) is 35.9. The van der Waals surface area contributed by atoms with Gasteiger partial charge in [-0.15, -0.1) is 0 Å². The van der Waals surface area contributed by atoms with Gasteiger partial charge in [-0.2, -0.15) is 4.98 Å². The molecule has 0 radical (unpaired) electrons. The molecule has 0 aliphatic carbocycles. The van der Waals surface area contributed by atoms with Crippen LogP contribution in [0, 0.1) is 18.7 Å². The predicted molar refractivity (Wildman–Crippen MR) is 236 cm³/mol. The topological polar surface area (TPSA) is 165 Å². The number of halogens is 1. The van der Waals surface area contributed by atoms with Crippen LogP contribution in [0.4, 0.5) is 15.8 Å². The summed E-state index contributed by atoms with van der Waals surface area (Å²) in [6.45, 7) is 16.5. The van der Waals surface area contributed by atoms with E-state index in [1.165, 1.54) is 18.1 Å². The second-order valence-corrected chi connectivity index (χ2v) is 18.2. The highest BCUT2D eigenvalue weighted by molar-refractivity contribution is 6.12. The third kappa shape index (κ3) is 8.25. The number of piperidine rings is 2. The highest BCUT2D eigenvalue weighted by Crippen LogP contribution is 2.37. The maximum Gasteiger partial charge on any atom is 0.315 e. The fraction of sp³-hybridized carbons (Fsp3) is 0.426. The first-order chi connectivity index (χ1) is 29.8. The van der Waals surface area contributed by atoms with Crippen molar-refractivity contribution >= 4 is 51.0 Å². The number of carbonyl (C=O) groups is 3. The standard InChI is InChI=1S/C47H53FN10O4/c1-27-22-36(37(48)24-35(27)28(2)51-44(61)45-54-46(55-62-45)47(3,4)5)41-40-34-11-10-32(23-38(34)52-42(40)50-26-49-41)58-20-18-56(19-21-58)25-29-14-16-57(17-15-29)31-8-6-30(7-9-31)33-12-13-39(59)53-43(33)60/h6-11,22-24,26,28-29,33H,12-21,25H2,1-5H3,(H,51,61)(H,49,50,52)(H,53,59,60)/t28-,33?/m1/s1. The van der Waals surface area contributed by atoms with Crippen molar-refractivity contribution in [1.82, 2.24) is 40.6 Å². The second-order valence-electron chi connectivity index (χ2n) is 18.2. The van der Waals surface area contributed by atoms with Gasteiger partial charge >= 0.3 is 11.8 Å². The van der Waals surface area contributed by atoms with Gasteiger partial charge in [-0.05, 0) is 92.1 Å². The number of aryl methyl sites for hydroxylation is 1. The average Bonchev–Trinajstić information content (AvgIpc) is 3.92. The first-order valence-electron chi connectivity index (χ1n) is 21.7. The maximum atomic E-state index is 16.1. The summed E-state index contributed by atoms with van der Waals surface area (Å²) in [6, 6.07) is 17.4. The number of aromatic amines is 1. The van der Waals surface area contributed by atoms with Crippen molar-refractivity contribution in [2.75, 3.05) is 55.6 Å². The first kappa shape index (κ1) is 41.1. The number of hydrogen-bond acceptors (Lipinski definition) is 11. The molecule has 0 bridgehead atoms. The molecule has 3 saturated heterocycles. The molecule has 62 heavy (non-hydrogen) atoms. The van der Waals surface area contributed by atoms with Crippen LogP contribution >= 0.6 is 0 Å². The molecular formula is C47H53FN10O4. The van der Waals surface area contributed by atoms with Gasteiger partial charge in [0.25, 0.3) is 0 Å². The van der Waals surface area contributed by atoms with E-state index in [1.54, 1.807) is 13.0 Å². The van der Waals surface area contributed by atoms with Crippen LogP contribution in [0.3, 0.4) is 0 Å². The number of hydrogen-bond donors (Lipinski definition) is 3. The Kier molecular flexibility index (Phi) is 11.0. The molecule has 322 valence electrons. The molecule has 9 rings (SSSR count). The van der Waals surface area contributed by atoms with Crippen LogP contribution in [0.2, 0.25) is 0 Å². The number of anilines is 2. The summed E-state index contributed by atoms with van der Waals surface area (Å²) in [4.78, 5) is 61.2. The number of H-pyrrole nitrogens is 1. The van der Waals surface area contributed by atoms with E-state index in [0.29, 0.717) is 47.1 Å². The molecule has 3 aliphatic heterocycles. The van der Waals surface area contributed by atoms with Crippen LogP contribution in [0.5, 0.6) is 0 Å². The molecule has 1 unspecified atom stereocenters. The zero-order chi connectivity index (χ0) is 43.3. The molecule has 3 fully saturated rings. The van der Waals surface area contributed by atoms with E-state index < -0.39 is 17.8 Å². The van der Waals surface area contributed by atoms with Gasteiger partial charge in [0, 0.05) is 85.5 Å². The van der Waals surface area contributed by atoms with E-state index in [0.717, 1.165) is 91.8 Å². The molecule has 3 aliphatic rings. The Balaban J connectivity index is 0.813. The van der Waals surface area contributed by atoms with Gasteiger partial charge in [0.15, 0.2) is 5.82 Å². The van der Waals surface area contributed by atoms with Gasteiger partial charge < -0.3 is 24.6 Å². The summed E-state index contributed by atoms with van der Waals surface area (Å²) in [6.07, 6.45) is 4.70. The Hall–Kier alpha value is -6.22. The molecular weight excluding hydrogens is 788 g/mol. The molecule has 3 aromatic heterocycles. The number of imide groups is 1. The highest BCUT2D eigenvalue weighted by Gasteiger charge is 2.30. The summed E-state index contributed by atoms with van der Waals surface area (Å²) in [5, 5.41) is 11.0. The molecule has 0 saturated carbocycles. The van der Waals surface area contributed by atoms with Crippen molar-refractivity contribution in [3.05, 3.63) is 95.1 Å². The SMILES string of the molecule is Cc1cc(-c2ncnc3[nH]c4cc(N5CCN(CC6CCN(c7ccc(C8CCC(=O)NC8=O)cc7)CC6)CC5)ccc4c23)c(F)cc1[C@@H](C)NC(=O)c1nc(C(C)(C)C)no1. The van der Waals surface area contributed by atoms with Gasteiger partial charge in [0.1, 0.15) is 17.8 Å². The largest absolute Gasteiger partial charge is 0.372 e. The Morgan fingerprint density at radius 1 is 0.935 bits per heavy atom. The van der Waals surface area contributed by atoms with E-state index in [1.807, 2.05) is 39.8 Å². The number of aromatic nitrogens is 5. The van der Waals surface area contributed by atoms with Crippen LogP contribution in [0.15, 0.2) is 65.4 Å². The van der Waals surface area contributed by atoms with Crippen LogP contribution in [-0.2, 0) is 15.0 Å². The van der Waals surface area contributed by atoms with Gasteiger partial charge in [0.05, 0.1) is 23.0 Å². The molecule has 3 aromatic carbocycles. The lowest BCUT2D eigenvalue weighted by Gasteiger charge is -2.40. The summed E-state index contributed by atoms with van der Waals surface area (Å²) in [5.74, 6) is -0.666. The monoisotopic (exact) mass is 840 g/mol. The Labute approximate surface area is 359 Å². The number of piperazine rings is 1. The van der Waals surface area contributed by atoms with E-state index >= 15 is 4.39 Å². The Bertz CT molecular complexity index is 2650. The molecule has 3 N–H and O–H groups in total. The molecule has 14 nitrogen and oxygen atoms in total. The Morgan fingerprint density at radius 3 is 2.37 bits per heavy atom. The third-order valence-corrected chi connectivity index (χ3v) is 12.9. The normalized spacial score (nSPS) is 18.7. The number of carbonyl (C=O) groups excluding carboxylic acids is 3. The highest BCUT2D eigenvalue weighted by atomic mass is 19.1. The lowest BCUT2D eigenvalue weighted by molar-refractivity contribution is -0.134. The van der Waals surface area contributed by atoms with Crippen molar-refractivity contribution in [3.8, 4) is 11.3 Å². The molecule has 3 amide bonds. The number of benzene rings is 3. The maximum absolute atomic E-state index is 16.1. The number of nitrogens with one attached hydrogen (secondary N) is 3. The van der Waals surface area contributed by atoms with E-state index in [4.69, 9.17) is 4.52 Å². The Morgan fingerprint density at radius 2 is 1.66 bits per heavy atom. The van der Waals surface area contributed by atoms with Gasteiger partial charge in [-0.3, -0.25) is 24.6 Å². The van der Waals surface area contributed by atoms with Crippen molar-refractivity contribution in [1.29, 1.82) is 0 Å². The summed E-state index contributed by atoms with van der Waals surface area (Å²) < 4.78 is 21.3. The third-order valence-electron chi connectivity index (χ3n) is 12.9. The zero-order valence-corrected chi connectivity index (χ0v) is 35.9. The van der Waals surface area contributed by atoms with Gasteiger partial charge in [0.2, 0.25) is 11.8 Å². The average molecular weight is 841 g/mol. The summed E-state index contributed by atoms with van der Waals surface area (Å²) in [5.41, 5.74) is 6.75. The quantitative estimate of drug-likeness (QED) is 0.129. The van der Waals surface area contributed by atoms with Gasteiger partial charge in [-0.1, -0.05) is 44.1 Å². The minimum Gasteiger partial charge on any atom is -0.372 e. The molecule has 6 aromatic rings. The molecule has 2 atom stereocenters. The van der Waals surface area contributed by atoms with Crippen molar-refractivity contribution in [2.24, 2.45) is 5.92 Å².